The van der Waals surface area contributed by atoms with Crippen LogP contribution in [0, 0.1) is 0 Å². The van der Waals surface area contributed by atoms with Gasteiger partial charge in [-0.15, -0.1) is 11.3 Å². The quantitative estimate of drug-likeness (QED) is 0.730. The minimum absolute atomic E-state index is 0.165. The van der Waals surface area contributed by atoms with Crippen LogP contribution < -0.4 is 20.3 Å². The molecule has 0 aliphatic rings. The molecule has 7 heteroatoms. The second-order valence-corrected chi connectivity index (χ2v) is 6.64. The number of anilines is 3. The summed E-state index contributed by atoms with van der Waals surface area (Å²) < 4.78 is 5.14. The van der Waals surface area contributed by atoms with Gasteiger partial charge in [0.05, 0.1) is 23.9 Å². The number of carbonyl (C=O) groups is 1. The summed E-state index contributed by atoms with van der Waals surface area (Å²) in [7, 11) is 7.38. The molecule has 0 aliphatic heterocycles. The van der Waals surface area contributed by atoms with Crippen LogP contribution >= 0.6 is 11.3 Å². The highest BCUT2D eigenvalue weighted by molar-refractivity contribution is 7.21. The van der Waals surface area contributed by atoms with Gasteiger partial charge < -0.3 is 20.3 Å². The minimum atomic E-state index is -0.165. The number of fused-ring (bicyclic) bond motifs is 1. The largest absolute Gasteiger partial charge is 0.497 e. The number of rotatable bonds is 5. The van der Waals surface area contributed by atoms with Crippen molar-refractivity contribution in [1.82, 2.24) is 4.98 Å². The van der Waals surface area contributed by atoms with Crippen molar-refractivity contribution in [3.63, 3.8) is 0 Å². The molecule has 1 amide bonds. The number of nitrogens with zero attached hydrogens (tertiary/aromatic N) is 2. The van der Waals surface area contributed by atoms with Crippen molar-refractivity contribution in [1.29, 1.82) is 0 Å². The number of carbonyl (C=O) groups excluding carboxylic acids is 1. The van der Waals surface area contributed by atoms with E-state index in [1.54, 1.807) is 13.3 Å². The number of aromatic nitrogens is 1. The molecule has 0 fully saturated rings. The predicted octanol–water partition coefficient (Wildman–Crippen LogP) is 3.66. The molecule has 0 spiro atoms. The summed E-state index contributed by atoms with van der Waals surface area (Å²) in [6.07, 6.45) is 1.76. The Morgan fingerprint density at radius 3 is 2.52 bits per heavy atom. The summed E-state index contributed by atoms with van der Waals surface area (Å²) >= 11 is 1.38. The van der Waals surface area contributed by atoms with Gasteiger partial charge in [-0.2, -0.15) is 0 Å². The van der Waals surface area contributed by atoms with Crippen LogP contribution in [0.25, 0.3) is 10.2 Å². The Bertz CT molecular complexity index is 903. The summed E-state index contributed by atoms with van der Waals surface area (Å²) in [4.78, 5) is 20.7. The van der Waals surface area contributed by atoms with Crippen LogP contribution in [0.5, 0.6) is 5.75 Å². The number of thiophene rings is 1. The summed E-state index contributed by atoms with van der Waals surface area (Å²) in [5.74, 6) is 0.581. The van der Waals surface area contributed by atoms with Crippen LogP contribution in [0.4, 0.5) is 17.1 Å². The molecule has 2 heterocycles. The number of pyridine rings is 1. The zero-order valence-electron chi connectivity index (χ0n) is 14.6. The molecule has 6 nitrogen and oxygen atoms in total. The van der Waals surface area contributed by atoms with Gasteiger partial charge in [0.25, 0.3) is 5.91 Å². The number of benzene rings is 1. The lowest BCUT2D eigenvalue weighted by Gasteiger charge is -2.14. The van der Waals surface area contributed by atoms with E-state index < -0.39 is 0 Å². The number of ether oxygens (including phenoxy) is 1. The summed E-state index contributed by atoms with van der Waals surface area (Å²) in [5.41, 5.74) is 2.53. The molecule has 3 rings (SSSR count). The standard InChI is InChI=1S/C18H20N4O2S/c1-19-15-14-13(22(2)3)9-10-20-18(14)25-16(15)17(23)21-11-5-7-12(24-4)8-6-11/h5-10,19H,1-4H3,(H,21,23). The third-order valence-electron chi connectivity index (χ3n) is 3.86. The van der Waals surface area contributed by atoms with Gasteiger partial charge in [0.1, 0.15) is 15.5 Å². The molecule has 2 N–H and O–H groups in total. The maximum atomic E-state index is 12.8. The van der Waals surface area contributed by atoms with Crippen LogP contribution in [0.1, 0.15) is 9.67 Å². The van der Waals surface area contributed by atoms with Gasteiger partial charge in [0.15, 0.2) is 0 Å². The zero-order valence-corrected chi connectivity index (χ0v) is 15.4. The second kappa shape index (κ2) is 6.98. The topological polar surface area (TPSA) is 66.5 Å². The van der Waals surface area contributed by atoms with Crippen LogP contribution in [0.2, 0.25) is 0 Å². The van der Waals surface area contributed by atoms with Crippen molar-refractivity contribution in [2.75, 3.05) is 43.8 Å². The summed E-state index contributed by atoms with van der Waals surface area (Å²) in [5, 5.41) is 7.05. The maximum Gasteiger partial charge on any atom is 0.267 e. The average molecular weight is 356 g/mol. The molecule has 1 aromatic carbocycles. The molecule has 0 saturated heterocycles. The Morgan fingerprint density at radius 2 is 1.92 bits per heavy atom. The highest BCUT2D eigenvalue weighted by Crippen LogP contribution is 2.40. The molecular formula is C18H20N4O2S. The third-order valence-corrected chi connectivity index (χ3v) is 4.95. The fourth-order valence-corrected chi connectivity index (χ4v) is 3.71. The van der Waals surface area contributed by atoms with Crippen LogP contribution in [0.3, 0.4) is 0 Å². The third kappa shape index (κ3) is 3.23. The lowest BCUT2D eigenvalue weighted by Crippen LogP contribution is -2.12. The molecule has 0 aliphatic carbocycles. The smallest absolute Gasteiger partial charge is 0.267 e. The first-order valence-corrected chi connectivity index (χ1v) is 8.58. The van der Waals surface area contributed by atoms with Crippen molar-refractivity contribution >= 4 is 44.5 Å². The highest BCUT2D eigenvalue weighted by Gasteiger charge is 2.21. The molecule has 2 aromatic heterocycles. The normalized spacial score (nSPS) is 10.6. The Morgan fingerprint density at radius 1 is 1.20 bits per heavy atom. The zero-order chi connectivity index (χ0) is 18.0. The first-order chi connectivity index (χ1) is 12.0. The van der Waals surface area contributed by atoms with Gasteiger partial charge in [-0.3, -0.25) is 4.79 Å². The van der Waals surface area contributed by atoms with Gasteiger partial charge in [-0.05, 0) is 30.3 Å². The lowest BCUT2D eigenvalue weighted by molar-refractivity contribution is 0.103. The SMILES string of the molecule is CNc1c(C(=O)Nc2ccc(OC)cc2)sc2nccc(N(C)C)c12. The molecule has 25 heavy (non-hydrogen) atoms. The fourth-order valence-electron chi connectivity index (χ4n) is 2.64. The first-order valence-electron chi connectivity index (χ1n) is 7.77. The van der Waals surface area contributed by atoms with E-state index in [2.05, 4.69) is 15.6 Å². The van der Waals surface area contributed by atoms with E-state index in [-0.39, 0.29) is 5.91 Å². The van der Waals surface area contributed by atoms with E-state index in [4.69, 9.17) is 4.74 Å². The minimum Gasteiger partial charge on any atom is -0.497 e. The number of methoxy groups -OCH3 is 1. The molecule has 0 saturated carbocycles. The molecule has 0 unspecified atom stereocenters. The van der Waals surface area contributed by atoms with E-state index in [9.17, 15) is 4.79 Å². The van der Waals surface area contributed by atoms with E-state index >= 15 is 0 Å². The molecule has 0 radical (unpaired) electrons. The number of hydrogen-bond donors (Lipinski definition) is 2. The van der Waals surface area contributed by atoms with Gasteiger partial charge in [0, 0.05) is 33.0 Å². The lowest BCUT2D eigenvalue weighted by atomic mass is 10.2. The average Bonchev–Trinajstić information content (AvgIpc) is 3.01. The van der Waals surface area contributed by atoms with Crippen molar-refractivity contribution in [2.24, 2.45) is 0 Å². The van der Waals surface area contributed by atoms with E-state index in [1.165, 1.54) is 11.3 Å². The first kappa shape index (κ1) is 17.0. The number of hydrogen-bond acceptors (Lipinski definition) is 6. The Labute approximate surface area is 150 Å². The van der Waals surface area contributed by atoms with Gasteiger partial charge >= 0.3 is 0 Å². The van der Waals surface area contributed by atoms with Crippen LogP contribution in [-0.2, 0) is 0 Å². The molecule has 3 aromatic rings. The number of nitrogens with one attached hydrogen (secondary N) is 2. The molecular weight excluding hydrogens is 336 g/mol. The molecule has 130 valence electrons. The Kier molecular flexibility index (Phi) is 4.76. The van der Waals surface area contributed by atoms with Crippen molar-refractivity contribution < 1.29 is 9.53 Å². The fraction of sp³-hybridized carbons (Fsp3) is 0.222. The van der Waals surface area contributed by atoms with Crippen LogP contribution in [-0.4, -0.2) is 39.1 Å². The maximum absolute atomic E-state index is 12.8. The second-order valence-electron chi connectivity index (χ2n) is 5.64. The summed E-state index contributed by atoms with van der Waals surface area (Å²) in [6.45, 7) is 0. The van der Waals surface area contributed by atoms with E-state index in [0.717, 1.165) is 27.3 Å². The molecule has 0 bridgehead atoms. The van der Waals surface area contributed by atoms with Gasteiger partial charge in [-0.1, -0.05) is 0 Å². The van der Waals surface area contributed by atoms with Crippen LogP contribution in [0.15, 0.2) is 36.5 Å². The predicted molar refractivity (Wildman–Crippen MR) is 104 cm³/mol. The van der Waals surface area contributed by atoms with Gasteiger partial charge in [0.2, 0.25) is 0 Å². The summed E-state index contributed by atoms with van der Waals surface area (Å²) in [6, 6.07) is 9.19. The monoisotopic (exact) mass is 356 g/mol. The van der Waals surface area contributed by atoms with Gasteiger partial charge in [-0.25, -0.2) is 4.98 Å². The van der Waals surface area contributed by atoms with Crippen molar-refractivity contribution in [2.45, 2.75) is 0 Å². The van der Waals surface area contributed by atoms with Crippen molar-refractivity contribution in [3.05, 3.63) is 41.4 Å². The highest BCUT2D eigenvalue weighted by atomic mass is 32.1. The Balaban J connectivity index is 1.99. The van der Waals surface area contributed by atoms with E-state index in [1.807, 2.05) is 56.4 Å². The molecule has 0 atom stereocenters. The van der Waals surface area contributed by atoms with Crippen molar-refractivity contribution in [3.8, 4) is 5.75 Å². The number of amides is 1. The Hall–Kier alpha value is -2.80. The van der Waals surface area contributed by atoms with E-state index in [0.29, 0.717) is 10.6 Å².